The summed E-state index contributed by atoms with van der Waals surface area (Å²) in [6, 6.07) is 1.98. The zero-order valence-electron chi connectivity index (χ0n) is 11.2. The van der Waals surface area contributed by atoms with E-state index in [9.17, 15) is 4.79 Å². The number of aryl methyl sites for hydroxylation is 3. The number of aromatic nitrogens is 3. The molecule has 2 aromatic rings. The molecule has 0 aliphatic heterocycles. The van der Waals surface area contributed by atoms with E-state index >= 15 is 0 Å². The Bertz CT molecular complexity index is 645. The first-order valence-corrected chi connectivity index (χ1v) is 6.16. The van der Waals surface area contributed by atoms with Crippen LogP contribution in [-0.2, 0) is 0 Å². The SMILES string of the molecule is CCCNc1nc(=O)n2c(C)cc(C)c(C)c2n1. The third-order valence-electron chi connectivity index (χ3n) is 3.05. The van der Waals surface area contributed by atoms with Gasteiger partial charge in [0.1, 0.15) is 5.65 Å². The maximum absolute atomic E-state index is 12.0. The quantitative estimate of drug-likeness (QED) is 0.897. The molecule has 0 saturated carbocycles. The Morgan fingerprint density at radius 3 is 2.67 bits per heavy atom. The molecule has 2 rings (SSSR count). The molecular weight excluding hydrogens is 228 g/mol. The van der Waals surface area contributed by atoms with Crippen molar-refractivity contribution in [3.05, 3.63) is 33.4 Å². The largest absolute Gasteiger partial charge is 0.356 e. The van der Waals surface area contributed by atoms with E-state index in [1.54, 1.807) is 4.40 Å². The molecule has 0 radical (unpaired) electrons. The highest BCUT2D eigenvalue weighted by molar-refractivity contribution is 5.53. The van der Waals surface area contributed by atoms with E-state index in [2.05, 4.69) is 22.2 Å². The van der Waals surface area contributed by atoms with Crippen LogP contribution in [0.1, 0.15) is 30.2 Å². The van der Waals surface area contributed by atoms with Crippen LogP contribution in [0.25, 0.3) is 5.65 Å². The molecule has 2 heterocycles. The van der Waals surface area contributed by atoms with E-state index in [4.69, 9.17) is 0 Å². The van der Waals surface area contributed by atoms with E-state index in [0.29, 0.717) is 11.6 Å². The van der Waals surface area contributed by atoms with Crippen molar-refractivity contribution in [2.24, 2.45) is 0 Å². The van der Waals surface area contributed by atoms with Crippen LogP contribution in [0.15, 0.2) is 10.9 Å². The molecule has 0 bridgehead atoms. The van der Waals surface area contributed by atoms with E-state index < -0.39 is 0 Å². The van der Waals surface area contributed by atoms with Crippen LogP contribution in [0.3, 0.4) is 0 Å². The van der Waals surface area contributed by atoms with Gasteiger partial charge in [0.05, 0.1) is 0 Å². The van der Waals surface area contributed by atoms with Gasteiger partial charge in [-0.15, -0.1) is 0 Å². The minimum atomic E-state index is -0.279. The molecule has 0 unspecified atom stereocenters. The summed E-state index contributed by atoms with van der Waals surface area (Å²) in [4.78, 5) is 20.4. The normalized spacial score (nSPS) is 10.9. The lowest BCUT2D eigenvalue weighted by Crippen LogP contribution is -2.23. The molecule has 2 aromatic heterocycles. The Morgan fingerprint density at radius 2 is 2.00 bits per heavy atom. The first-order valence-electron chi connectivity index (χ1n) is 6.16. The van der Waals surface area contributed by atoms with Gasteiger partial charge in [-0.25, -0.2) is 9.20 Å². The molecule has 0 spiro atoms. The molecule has 96 valence electrons. The van der Waals surface area contributed by atoms with Crippen molar-refractivity contribution in [2.45, 2.75) is 34.1 Å². The van der Waals surface area contributed by atoms with Crippen molar-refractivity contribution >= 4 is 11.6 Å². The summed E-state index contributed by atoms with van der Waals surface area (Å²) in [7, 11) is 0. The van der Waals surface area contributed by atoms with Crippen LogP contribution in [0.5, 0.6) is 0 Å². The molecule has 0 aromatic carbocycles. The zero-order chi connectivity index (χ0) is 13.3. The van der Waals surface area contributed by atoms with Gasteiger partial charge in [0.25, 0.3) is 0 Å². The second-order valence-corrected chi connectivity index (χ2v) is 4.51. The highest BCUT2D eigenvalue weighted by Gasteiger charge is 2.09. The van der Waals surface area contributed by atoms with Crippen LogP contribution in [-0.4, -0.2) is 20.9 Å². The fraction of sp³-hybridized carbons (Fsp3) is 0.462. The van der Waals surface area contributed by atoms with Gasteiger partial charge in [0.2, 0.25) is 5.95 Å². The summed E-state index contributed by atoms with van der Waals surface area (Å²) < 4.78 is 1.56. The molecule has 0 atom stereocenters. The number of fused-ring (bicyclic) bond motifs is 1. The summed E-state index contributed by atoms with van der Waals surface area (Å²) in [5.74, 6) is 0.412. The van der Waals surface area contributed by atoms with Crippen LogP contribution < -0.4 is 11.0 Å². The molecule has 0 aliphatic rings. The molecule has 0 aliphatic carbocycles. The fourth-order valence-electron chi connectivity index (χ4n) is 1.95. The predicted octanol–water partition coefficient (Wildman–Crippen LogP) is 1.84. The fourth-order valence-corrected chi connectivity index (χ4v) is 1.95. The Balaban J connectivity index is 2.71. The van der Waals surface area contributed by atoms with Crippen molar-refractivity contribution in [1.29, 1.82) is 0 Å². The lowest BCUT2D eigenvalue weighted by Gasteiger charge is -2.11. The monoisotopic (exact) mass is 246 g/mol. The first-order chi connectivity index (χ1) is 8.54. The Morgan fingerprint density at radius 1 is 1.28 bits per heavy atom. The molecular formula is C13H18N4O. The Hall–Kier alpha value is -1.91. The van der Waals surface area contributed by atoms with Gasteiger partial charge in [-0.05, 0) is 44.4 Å². The highest BCUT2D eigenvalue weighted by Crippen LogP contribution is 2.14. The average molecular weight is 246 g/mol. The maximum Gasteiger partial charge on any atom is 0.356 e. The minimum absolute atomic E-state index is 0.279. The Labute approximate surface area is 106 Å². The van der Waals surface area contributed by atoms with Gasteiger partial charge in [0.15, 0.2) is 0 Å². The Kier molecular flexibility index (Phi) is 3.32. The number of pyridine rings is 1. The summed E-state index contributed by atoms with van der Waals surface area (Å²) in [5.41, 5.74) is 3.41. The van der Waals surface area contributed by atoms with Crippen molar-refractivity contribution in [3.63, 3.8) is 0 Å². The molecule has 0 saturated heterocycles. The van der Waals surface area contributed by atoms with E-state index in [-0.39, 0.29) is 5.69 Å². The third kappa shape index (κ3) is 2.08. The van der Waals surface area contributed by atoms with E-state index in [0.717, 1.165) is 29.8 Å². The molecule has 5 heteroatoms. The van der Waals surface area contributed by atoms with Gasteiger partial charge >= 0.3 is 5.69 Å². The topological polar surface area (TPSA) is 59.3 Å². The maximum atomic E-state index is 12.0. The standard InChI is InChI=1S/C13H18N4O/c1-5-6-14-12-15-11-10(4)8(2)7-9(3)17(11)13(18)16-12/h7H,5-6H2,1-4H3,(H,14,16,18). The molecule has 18 heavy (non-hydrogen) atoms. The lowest BCUT2D eigenvalue weighted by atomic mass is 10.1. The number of nitrogens with zero attached hydrogens (tertiary/aromatic N) is 3. The molecule has 0 fully saturated rings. The van der Waals surface area contributed by atoms with Crippen molar-refractivity contribution in [3.8, 4) is 0 Å². The second-order valence-electron chi connectivity index (χ2n) is 4.51. The molecule has 0 amide bonds. The lowest BCUT2D eigenvalue weighted by molar-refractivity contribution is 0.880. The summed E-state index contributed by atoms with van der Waals surface area (Å²) in [6.45, 7) is 8.71. The number of hydrogen-bond acceptors (Lipinski definition) is 4. The summed E-state index contributed by atoms with van der Waals surface area (Å²) in [6.07, 6.45) is 0.967. The van der Waals surface area contributed by atoms with Gasteiger partial charge in [-0.1, -0.05) is 6.92 Å². The average Bonchev–Trinajstić information content (AvgIpc) is 2.32. The smallest absolute Gasteiger partial charge is 0.354 e. The van der Waals surface area contributed by atoms with Crippen LogP contribution in [0.2, 0.25) is 0 Å². The molecule has 5 nitrogen and oxygen atoms in total. The molecule has 1 N–H and O–H groups in total. The summed E-state index contributed by atoms with van der Waals surface area (Å²) in [5, 5.41) is 3.06. The minimum Gasteiger partial charge on any atom is -0.354 e. The van der Waals surface area contributed by atoms with E-state index in [1.807, 2.05) is 26.8 Å². The number of hydrogen-bond donors (Lipinski definition) is 1. The van der Waals surface area contributed by atoms with Gasteiger partial charge in [0, 0.05) is 12.2 Å². The van der Waals surface area contributed by atoms with Crippen LogP contribution in [0, 0.1) is 20.8 Å². The first kappa shape index (κ1) is 12.5. The predicted molar refractivity (Wildman–Crippen MR) is 72.2 cm³/mol. The highest BCUT2D eigenvalue weighted by atomic mass is 16.1. The third-order valence-corrected chi connectivity index (χ3v) is 3.05. The van der Waals surface area contributed by atoms with Crippen molar-refractivity contribution < 1.29 is 0 Å². The van der Waals surface area contributed by atoms with E-state index in [1.165, 1.54) is 0 Å². The number of rotatable bonds is 3. The van der Waals surface area contributed by atoms with Gasteiger partial charge in [-0.2, -0.15) is 9.97 Å². The van der Waals surface area contributed by atoms with Crippen LogP contribution in [0.4, 0.5) is 5.95 Å². The number of nitrogens with one attached hydrogen (secondary N) is 1. The zero-order valence-corrected chi connectivity index (χ0v) is 11.2. The van der Waals surface area contributed by atoms with Gasteiger partial charge < -0.3 is 5.32 Å². The summed E-state index contributed by atoms with van der Waals surface area (Å²) >= 11 is 0. The van der Waals surface area contributed by atoms with Gasteiger partial charge in [-0.3, -0.25) is 0 Å². The van der Waals surface area contributed by atoms with Crippen molar-refractivity contribution in [2.75, 3.05) is 11.9 Å². The van der Waals surface area contributed by atoms with Crippen LogP contribution >= 0.6 is 0 Å². The van der Waals surface area contributed by atoms with Crippen molar-refractivity contribution in [1.82, 2.24) is 14.4 Å². The second kappa shape index (κ2) is 4.76. The number of anilines is 1.